The summed E-state index contributed by atoms with van der Waals surface area (Å²) < 4.78 is 26.8. The van der Waals surface area contributed by atoms with Gasteiger partial charge in [-0.25, -0.2) is 9.18 Å². The molecule has 1 unspecified atom stereocenters. The van der Waals surface area contributed by atoms with Gasteiger partial charge in [0.2, 0.25) is 5.91 Å². The van der Waals surface area contributed by atoms with E-state index in [1.54, 1.807) is 28.2 Å². The monoisotopic (exact) mass is 539 g/mol. The van der Waals surface area contributed by atoms with Crippen molar-refractivity contribution in [2.75, 3.05) is 44.7 Å². The third kappa shape index (κ3) is 5.53. The zero-order valence-electron chi connectivity index (χ0n) is 20.4. The average molecular weight is 540 g/mol. The summed E-state index contributed by atoms with van der Waals surface area (Å²) in [5, 5.41) is 15.7. The third-order valence-corrected chi connectivity index (χ3v) is 7.67. The maximum Gasteiger partial charge on any atom is 0.319 e. The lowest BCUT2D eigenvalue weighted by Crippen LogP contribution is -2.44. The minimum Gasteiger partial charge on any atom is -0.453 e. The molecule has 1 saturated heterocycles. The molecule has 13 heteroatoms. The summed E-state index contributed by atoms with van der Waals surface area (Å²) in [4.78, 5) is 31.6. The molecular weight excluding hydrogens is 513 g/mol. The van der Waals surface area contributed by atoms with Crippen molar-refractivity contribution in [2.45, 2.75) is 24.9 Å². The number of fused-ring (bicyclic) bond motifs is 1. The number of amides is 3. The number of hydrogen-bond donors (Lipinski definition) is 2. The highest BCUT2D eigenvalue weighted by atomic mass is 32.1. The fraction of sp³-hybridized carbons (Fsp3) is 0.400. The van der Waals surface area contributed by atoms with Gasteiger partial charge in [-0.3, -0.25) is 14.8 Å². The van der Waals surface area contributed by atoms with E-state index in [2.05, 4.69) is 26.0 Å². The molecule has 11 nitrogen and oxygen atoms in total. The Bertz CT molecular complexity index is 1390. The molecule has 2 fully saturated rings. The summed E-state index contributed by atoms with van der Waals surface area (Å²) in [7, 11) is 0. The quantitative estimate of drug-likeness (QED) is 0.467. The van der Waals surface area contributed by atoms with Gasteiger partial charge in [-0.05, 0) is 31.0 Å². The Morgan fingerprint density at radius 3 is 2.79 bits per heavy atom. The maximum absolute atomic E-state index is 14.8. The van der Waals surface area contributed by atoms with Crippen molar-refractivity contribution in [1.82, 2.24) is 20.2 Å². The molecule has 6 rings (SSSR count). The first kappa shape index (κ1) is 24.5. The van der Waals surface area contributed by atoms with E-state index in [9.17, 15) is 14.0 Å². The molecule has 2 aromatic heterocycles. The summed E-state index contributed by atoms with van der Waals surface area (Å²) in [6.07, 6.45) is 3.54. The van der Waals surface area contributed by atoms with Crippen molar-refractivity contribution in [1.29, 1.82) is 0 Å². The number of carbonyl (C=O) groups excluding carboxylic acids is 2. The number of pyridine rings is 1. The molecule has 1 aliphatic carbocycles. The number of ether oxygens (including phenoxy) is 2. The number of halogens is 1. The molecule has 2 aliphatic heterocycles. The van der Waals surface area contributed by atoms with Crippen LogP contribution in [0.1, 0.15) is 23.8 Å². The number of nitrogens with one attached hydrogen (secondary N) is 2. The number of benzene rings is 1. The second kappa shape index (κ2) is 10.5. The van der Waals surface area contributed by atoms with Gasteiger partial charge >= 0.3 is 6.03 Å². The van der Waals surface area contributed by atoms with Crippen molar-refractivity contribution in [3.05, 3.63) is 47.2 Å². The molecule has 4 heterocycles. The molecule has 3 aromatic rings. The first-order valence-corrected chi connectivity index (χ1v) is 13.3. The van der Waals surface area contributed by atoms with Gasteiger partial charge in [-0.15, -0.1) is 11.3 Å². The van der Waals surface area contributed by atoms with Crippen LogP contribution in [0.15, 0.2) is 46.9 Å². The van der Waals surface area contributed by atoms with Gasteiger partial charge in [-0.1, -0.05) is 5.22 Å². The van der Waals surface area contributed by atoms with Crippen molar-refractivity contribution < 1.29 is 23.5 Å². The smallest absolute Gasteiger partial charge is 0.319 e. The Labute approximate surface area is 221 Å². The molecule has 3 aliphatic rings. The molecule has 1 aromatic carbocycles. The zero-order valence-corrected chi connectivity index (χ0v) is 21.2. The standard InChI is InChI=1S/C25H26FN7O4S/c26-17-11-16(29-25(35)28-15-1-2-15)3-4-20(17)37-21-5-6-27-18-12-22(38-24(18)21)19-13-33(31-30-19)14-23(34)32-7-9-36-10-8-32/h3-6,11-12,15,19H,1-2,7-10,13-14H2,(H2,28,29,35). The SMILES string of the molecule is O=C(Nc1ccc(Oc2ccnc3cc(C4CN(CC(=O)N5CCOCC5)N=N4)sc23)c(F)c1)NC1CC1. The molecule has 1 saturated carbocycles. The molecule has 3 amide bonds. The topological polar surface area (TPSA) is 121 Å². The van der Waals surface area contributed by atoms with Gasteiger partial charge in [0.1, 0.15) is 18.3 Å². The van der Waals surface area contributed by atoms with Gasteiger partial charge in [-0.2, -0.15) is 5.11 Å². The number of anilines is 1. The van der Waals surface area contributed by atoms with E-state index in [4.69, 9.17) is 9.47 Å². The van der Waals surface area contributed by atoms with E-state index in [0.717, 1.165) is 22.4 Å². The van der Waals surface area contributed by atoms with Crippen LogP contribution in [0.4, 0.5) is 14.9 Å². The molecule has 0 radical (unpaired) electrons. The van der Waals surface area contributed by atoms with Crippen molar-refractivity contribution >= 4 is 39.2 Å². The number of hydrogen-bond acceptors (Lipinski definition) is 9. The molecular formula is C25H26FN7O4S. The van der Waals surface area contributed by atoms with Crippen LogP contribution in [0.3, 0.4) is 0 Å². The molecule has 198 valence electrons. The van der Waals surface area contributed by atoms with E-state index >= 15 is 0 Å². The lowest BCUT2D eigenvalue weighted by Gasteiger charge is -2.28. The highest BCUT2D eigenvalue weighted by Crippen LogP contribution is 2.40. The number of nitrogens with zero attached hydrogens (tertiary/aromatic N) is 5. The summed E-state index contributed by atoms with van der Waals surface area (Å²) in [5.41, 5.74) is 1.05. The van der Waals surface area contributed by atoms with Crippen LogP contribution in [-0.2, 0) is 9.53 Å². The predicted octanol–water partition coefficient (Wildman–Crippen LogP) is 4.09. The van der Waals surface area contributed by atoms with Crippen LogP contribution in [0, 0.1) is 5.82 Å². The van der Waals surface area contributed by atoms with E-state index in [0.29, 0.717) is 49.8 Å². The first-order chi connectivity index (χ1) is 18.5. The average Bonchev–Trinajstić information content (AvgIpc) is 3.41. The van der Waals surface area contributed by atoms with Crippen LogP contribution in [0.2, 0.25) is 0 Å². The van der Waals surface area contributed by atoms with Crippen LogP contribution in [-0.4, -0.2) is 72.3 Å². The van der Waals surface area contributed by atoms with E-state index in [1.807, 2.05) is 6.07 Å². The number of aromatic nitrogens is 1. The molecule has 38 heavy (non-hydrogen) atoms. The molecule has 0 spiro atoms. The molecule has 0 bridgehead atoms. The summed E-state index contributed by atoms with van der Waals surface area (Å²) in [6, 6.07) is 7.53. The highest BCUT2D eigenvalue weighted by molar-refractivity contribution is 7.19. The molecule has 1 atom stereocenters. The Morgan fingerprint density at radius 2 is 2.00 bits per heavy atom. The Kier molecular flexibility index (Phi) is 6.77. The van der Waals surface area contributed by atoms with Crippen LogP contribution in [0.25, 0.3) is 10.2 Å². The summed E-state index contributed by atoms with van der Waals surface area (Å²) in [6.45, 7) is 2.94. The lowest BCUT2D eigenvalue weighted by molar-refractivity contribution is -0.136. The van der Waals surface area contributed by atoms with Gasteiger partial charge in [0.05, 0.1) is 30.0 Å². The fourth-order valence-electron chi connectivity index (χ4n) is 4.26. The minimum absolute atomic E-state index is 0.00776. The Balaban J connectivity index is 1.11. The number of rotatable bonds is 7. The lowest BCUT2D eigenvalue weighted by atomic mass is 10.2. The Morgan fingerprint density at radius 1 is 1.16 bits per heavy atom. The fourth-order valence-corrected chi connectivity index (χ4v) is 5.35. The van der Waals surface area contributed by atoms with Gasteiger partial charge in [0.25, 0.3) is 0 Å². The number of thiophene rings is 1. The second-order valence-corrected chi connectivity index (χ2v) is 10.4. The number of morpholine rings is 1. The maximum atomic E-state index is 14.8. The zero-order chi connectivity index (χ0) is 26.1. The summed E-state index contributed by atoms with van der Waals surface area (Å²) >= 11 is 1.45. The van der Waals surface area contributed by atoms with Crippen molar-refractivity contribution in [3.63, 3.8) is 0 Å². The molecule has 2 N–H and O–H groups in total. The number of carbonyl (C=O) groups is 2. The van der Waals surface area contributed by atoms with E-state index in [1.165, 1.54) is 23.5 Å². The minimum atomic E-state index is -0.596. The van der Waals surface area contributed by atoms with Crippen molar-refractivity contribution in [2.24, 2.45) is 10.3 Å². The summed E-state index contributed by atoms with van der Waals surface area (Å²) in [5.74, 6) is -0.0879. The van der Waals surface area contributed by atoms with Crippen LogP contribution < -0.4 is 15.4 Å². The number of urea groups is 1. The Hall–Kier alpha value is -3.84. The second-order valence-electron chi connectivity index (χ2n) is 9.35. The van der Waals surface area contributed by atoms with Gasteiger partial charge in [0, 0.05) is 48.0 Å². The van der Waals surface area contributed by atoms with Crippen molar-refractivity contribution in [3.8, 4) is 11.5 Å². The third-order valence-electron chi connectivity index (χ3n) is 6.43. The largest absolute Gasteiger partial charge is 0.453 e. The van der Waals surface area contributed by atoms with Gasteiger partial charge < -0.3 is 25.0 Å². The normalized spacial score (nSPS) is 19.1. The van der Waals surface area contributed by atoms with Gasteiger partial charge in [0.15, 0.2) is 11.6 Å². The highest BCUT2D eigenvalue weighted by Gasteiger charge is 2.27. The van der Waals surface area contributed by atoms with E-state index in [-0.39, 0.29) is 36.3 Å². The first-order valence-electron chi connectivity index (χ1n) is 12.5. The van der Waals surface area contributed by atoms with E-state index < -0.39 is 5.82 Å². The predicted molar refractivity (Wildman–Crippen MR) is 138 cm³/mol. The van der Waals surface area contributed by atoms with Crippen LogP contribution >= 0.6 is 11.3 Å². The van der Waals surface area contributed by atoms with Crippen LogP contribution in [0.5, 0.6) is 11.5 Å².